The van der Waals surface area contributed by atoms with Gasteiger partial charge in [-0.05, 0) is 107 Å². The van der Waals surface area contributed by atoms with E-state index in [2.05, 4.69) is 36.9 Å². The summed E-state index contributed by atoms with van der Waals surface area (Å²) in [5, 5.41) is 27.2. The van der Waals surface area contributed by atoms with Crippen molar-refractivity contribution < 1.29 is 48.3 Å². The van der Waals surface area contributed by atoms with Gasteiger partial charge in [0.05, 0.1) is 25.3 Å². The summed E-state index contributed by atoms with van der Waals surface area (Å²) >= 11 is 0. The van der Waals surface area contributed by atoms with Crippen LogP contribution >= 0.6 is 0 Å². The fourth-order valence-electron chi connectivity index (χ4n) is 10.5. The highest BCUT2D eigenvalue weighted by atomic mass is 16.7. The first-order chi connectivity index (χ1) is 32.4. The number of aliphatic hydroxyl groups is 2. The Bertz CT molecular complexity index is 2560. The maximum Gasteiger partial charge on any atom is 0.410 e. The smallest absolute Gasteiger partial charge is 0.410 e. The Kier molecular flexibility index (Phi) is 13.9. The van der Waals surface area contributed by atoms with Crippen molar-refractivity contribution >= 4 is 22.6 Å². The molecule has 1 fully saturated rings. The van der Waals surface area contributed by atoms with Gasteiger partial charge in [0.25, 0.3) is 0 Å². The zero-order chi connectivity index (χ0) is 45.5. The summed E-state index contributed by atoms with van der Waals surface area (Å²) in [6, 6.07) is 35.0. The van der Waals surface area contributed by atoms with Gasteiger partial charge in [-0.25, -0.2) is 4.79 Å². The molecular formula is C54H58N2O10. The van der Waals surface area contributed by atoms with Crippen molar-refractivity contribution in [2.75, 3.05) is 33.7 Å². The zero-order valence-corrected chi connectivity index (χ0v) is 37.4. The van der Waals surface area contributed by atoms with Crippen LogP contribution in [0.3, 0.4) is 0 Å². The highest BCUT2D eigenvalue weighted by molar-refractivity contribution is 6.03. The molecule has 2 heterocycles. The molecule has 5 aromatic carbocycles. The van der Waals surface area contributed by atoms with Gasteiger partial charge in [-0.3, -0.25) is 4.90 Å². The van der Waals surface area contributed by atoms with Gasteiger partial charge in [0.2, 0.25) is 12.6 Å². The molecule has 9 rings (SSSR count). The van der Waals surface area contributed by atoms with Crippen LogP contribution in [0.15, 0.2) is 139 Å². The van der Waals surface area contributed by atoms with Gasteiger partial charge in [-0.2, -0.15) is 0 Å². The second-order valence-electron chi connectivity index (χ2n) is 17.4. The van der Waals surface area contributed by atoms with Crippen LogP contribution in [-0.4, -0.2) is 72.5 Å². The summed E-state index contributed by atoms with van der Waals surface area (Å²) in [4.78, 5) is 22.4. The lowest BCUT2D eigenvalue weighted by molar-refractivity contribution is -0.256. The van der Waals surface area contributed by atoms with Crippen molar-refractivity contribution in [1.82, 2.24) is 4.90 Å². The molecule has 6 unspecified atom stereocenters. The van der Waals surface area contributed by atoms with E-state index in [4.69, 9.17) is 38.4 Å². The first kappa shape index (κ1) is 44.8. The summed E-state index contributed by atoms with van der Waals surface area (Å²) in [5.74, 6) is 1.05. The zero-order valence-electron chi connectivity index (χ0n) is 37.4. The number of rotatable bonds is 19. The number of carbonyl (C=O) groups is 1. The first-order valence-electron chi connectivity index (χ1n) is 23.1. The van der Waals surface area contributed by atoms with Gasteiger partial charge in [0, 0.05) is 37.7 Å². The minimum Gasteiger partial charge on any atom is -0.459 e. The monoisotopic (exact) mass is 894 g/mol. The number of carbonyl (C=O) groups excluding carboxylic acids is 1. The molecule has 0 saturated heterocycles. The van der Waals surface area contributed by atoms with Gasteiger partial charge in [0.1, 0.15) is 29.9 Å². The van der Waals surface area contributed by atoms with Crippen LogP contribution in [0.25, 0.3) is 10.8 Å². The quantitative estimate of drug-likeness (QED) is 0.0468. The Labute approximate surface area is 386 Å². The topological polar surface area (TPSA) is 138 Å². The van der Waals surface area contributed by atoms with E-state index in [0.29, 0.717) is 47.3 Å². The Balaban J connectivity index is 1.22. The number of oxime groups is 1. The number of ether oxygens (including phenoxy) is 6. The summed E-state index contributed by atoms with van der Waals surface area (Å²) < 4.78 is 38.2. The molecule has 1 amide bonds. The van der Waals surface area contributed by atoms with Gasteiger partial charge < -0.3 is 43.5 Å². The number of hydrogen-bond donors (Lipinski definition) is 2. The molecule has 0 bridgehead atoms. The van der Waals surface area contributed by atoms with Crippen molar-refractivity contribution in [2.24, 2.45) is 22.9 Å². The van der Waals surface area contributed by atoms with Crippen molar-refractivity contribution in [3.8, 4) is 28.7 Å². The van der Waals surface area contributed by atoms with Gasteiger partial charge in [0.15, 0.2) is 11.5 Å². The van der Waals surface area contributed by atoms with E-state index in [9.17, 15) is 15.0 Å². The van der Waals surface area contributed by atoms with Crippen molar-refractivity contribution in [2.45, 2.75) is 75.8 Å². The van der Waals surface area contributed by atoms with Crippen molar-refractivity contribution in [1.29, 1.82) is 0 Å². The number of fused-ring (bicyclic) bond motifs is 4. The van der Waals surface area contributed by atoms with Crippen molar-refractivity contribution in [3.63, 3.8) is 0 Å². The van der Waals surface area contributed by atoms with Gasteiger partial charge >= 0.3 is 6.09 Å². The fourth-order valence-corrected chi connectivity index (χ4v) is 10.5. The Hall–Kier alpha value is -6.34. The molecule has 2 aliphatic carbocycles. The minimum absolute atomic E-state index is 0.0277. The Morgan fingerprint density at radius 3 is 2.38 bits per heavy atom. The molecule has 12 nitrogen and oxygen atoms in total. The van der Waals surface area contributed by atoms with E-state index in [1.807, 2.05) is 84.9 Å². The first-order valence-corrected chi connectivity index (χ1v) is 23.1. The Morgan fingerprint density at radius 1 is 0.833 bits per heavy atom. The molecule has 0 aromatic heterocycles. The number of aliphatic hydroxyl groups excluding tert-OH is 2. The standard InChI is InChI=1S/C54H58N2O10/c1-3-27-63-54-50(56(53(59)60-2)33-37-19-23-48-49(28-37)62-35-61-48)32-46(55-64-34-36-13-5-4-6-14-36)44-30-40(17-9-11-25-57)43(18-10-12-26-58)51(52(44)54)45-31-42(22-24-47(45)66-54)65-41-21-20-38-15-7-8-16-39(38)29-41/h3-8,13-16,19-24,28-31,40,43,50-52,57-58H,1,9-12,17-18,25-27,32-35H2,2H3. The molecule has 0 radical (unpaired) electrons. The fraction of sp³-hybridized carbons (Fsp3) is 0.370. The van der Waals surface area contributed by atoms with Crippen molar-refractivity contribution in [3.05, 3.63) is 150 Å². The largest absolute Gasteiger partial charge is 0.459 e. The van der Waals surface area contributed by atoms with Crippen LogP contribution in [-0.2, 0) is 27.5 Å². The summed E-state index contributed by atoms with van der Waals surface area (Å²) in [5.41, 5.74) is 4.32. The molecule has 6 atom stereocenters. The molecule has 12 heteroatoms. The van der Waals surface area contributed by atoms with E-state index in [1.165, 1.54) is 7.11 Å². The predicted molar refractivity (Wildman–Crippen MR) is 251 cm³/mol. The molecule has 66 heavy (non-hydrogen) atoms. The SMILES string of the molecule is C=CCOC12Oc3ccc(Oc4ccc5ccccc5c4)cc3C3C(CCCCO)C(CCCCO)C=C(C(=NOCc4ccccc4)CC1N(Cc1ccc4c(c1)OCO4)C(=O)OC)C32. The number of methoxy groups -OCH3 is 1. The molecule has 344 valence electrons. The number of benzene rings is 5. The van der Waals surface area contributed by atoms with Crippen LogP contribution in [0.5, 0.6) is 28.7 Å². The summed E-state index contributed by atoms with van der Waals surface area (Å²) in [7, 11) is 1.38. The lowest BCUT2D eigenvalue weighted by Gasteiger charge is -2.59. The number of amides is 1. The number of hydrogen-bond acceptors (Lipinski definition) is 11. The van der Waals surface area contributed by atoms with Crippen LogP contribution < -0.4 is 18.9 Å². The maximum absolute atomic E-state index is 14.4. The van der Waals surface area contributed by atoms with E-state index >= 15 is 0 Å². The minimum atomic E-state index is -1.48. The average Bonchev–Trinajstić information content (AvgIpc) is 3.82. The van der Waals surface area contributed by atoms with Gasteiger partial charge in [-0.15, -0.1) is 6.58 Å². The third-order valence-corrected chi connectivity index (χ3v) is 13.4. The second kappa shape index (κ2) is 20.4. The molecule has 5 aromatic rings. The van der Waals surface area contributed by atoms with E-state index in [1.54, 1.807) is 11.0 Å². The second-order valence-corrected chi connectivity index (χ2v) is 17.4. The Morgan fingerprint density at radius 2 is 1.58 bits per heavy atom. The number of unbranched alkanes of at least 4 members (excludes halogenated alkanes) is 2. The lowest BCUT2D eigenvalue weighted by Crippen LogP contribution is -2.70. The molecule has 4 aliphatic rings. The molecule has 2 aliphatic heterocycles. The van der Waals surface area contributed by atoms with E-state index in [0.717, 1.165) is 58.7 Å². The highest BCUT2D eigenvalue weighted by Gasteiger charge is 2.65. The van der Waals surface area contributed by atoms with Crippen LogP contribution in [0.2, 0.25) is 0 Å². The van der Waals surface area contributed by atoms with Crippen LogP contribution in [0.1, 0.15) is 67.6 Å². The maximum atomic E-state index is 14.4. The molecule has 2 N–H and O–H groups in total. The summed E-state index contributed by atoms with van der Waals surface area (Å²) in [6.45, 7) is 4.85. The number of nitrogens with zero attached hydrogens (tertiary/aromatic N) is 2. The predicted octanol–water partition coefficient (Wildman–Crippen LogP) is 10.5. The van der Waals surface area contributed by atoms with E-state index in [-0.39, 0.29) is 63.9 Å². The molecule has 1 saturated carbocycles. The molecule has 0 spiro atoms. The molecular weight excluding hydrogens is 837 g/mol. The van der Waals surface area contributed by atoms with Gasteiger partial charge in [-0.1, -0.05) is 96.9 Å². The third kappa shape index (κ3) is 9.22. The van der Waals surface area contributed by atoms with E-state index < -0.39 is 23.8 Å². The van der Waals surface area contributed by atoms with Crippen LogP contribution in [0.4, 0.5) is 4.79 Å². The highest BCUT2D eigenvalue weighted by Crippen LogP contribution is 2.62. The number of allylic oxidation sites excluding steroid dienone is 1. The van der Waals surface area contributed by atoms with Crippen LogP contribution in [0, 0.1) is 17.8 Å². The normalized spacial score (nSPS) is 23.0. The average molecular weight is 895 g/mol. The third-order valence-electron chi connectivity index (χ3n) is 13.4. The summed E-state index contributed by atoms with van der Waals surface area (Å²) in [6.07, 6.45) is 8.21. The lowest BCUT2D eigenvalue weighted by atomic mass is 9.55.